The molecule has 4 aromatic rings. The van der Waals surface area contributed by atoms with E-state index in [0.29, 0.717) is 0 Å². The van der Waals surface area contributed by atoms with Crippen molar-refractivity contribution in [2.75, 3.05) is 0 Å². The van der Waals surface area contributed by atoms with Crippen LogP contribution >= 0.6 is 0 Å². The van der Waals surface area contributed by atoms with Crippen LogP contribution in [0.3, 0.4) is 0 Å². The van der Waals surface area contributed by atoms with Crippen LogP contribution in [0.2, 0.25) is 0 Å². The number of hydrogen-bond acceptors (Lipinski definition) is 1. The molecule has 0 spiro atoms. The topological polar surface area (TPSA) is 22.0 Å². The molecule has 0 radical (unpaired) electrons. The largest absolute Gasteiger partial charge is 0.336 e. The summed E-state index contributed by atoms with van der Waals surface area (Å²) in [5.41, 5.74) is 2.87. The van der Waals surface area contributed by atoms with Gasteiger partial charge in [-0.05, 0) is 16.7 Å². The van der Waals surface area contributed by atoms with E-state index in [1.54, 1.807) is 12.1 Å². The first-order valence-electron chi connectivity index (χ1n) is 8.67. The van der Waals surface area contributed by atoms with Gasteiger partial charge in [-0.3, -0.25) is 4.79 Å². The maximum atomic E-state index is 11.7. The van der Waals surface area contributed by atoms with E-state index >= 15 is 0 Å². The van der Waals surface area contributed by atoms with E-state index in [1.807, 2.05) is 30.6 Å². The van der Waals surface area contributed by atoms with Gasteiger partial charge < -0.3 is 4.57 Å². The van der Waals surface area contributed by atoms with Gasteiger partial charge in [0.25, 0.3) is 0 Å². The molecule has 2 nitrogen and oxygen atoms in total. The Balaban J connectivity index is 2.14. The van der Waals surface area contributed by atoms with Crippen molar-refractivity contribution in [2.45, 2.75) is 5.54 Å². The Morgan fingerprint density at radius 1 is 0.500 bits per heavy atom. The van der Waals surface area contributed by atoms with Gasteiger partial charge in [-0.15, -0.1) is 0 Å². The minimum absolute atomic E-state index is 0.00401. The lowest BCUT2D eigenvalue weighted by Crippen LogP contribution is -2.37. The van der Waals surface area contributed by atoms with Gasteiger partial charge in [0.1, 0.15) is 5.54 Å². The molecular formula is C24H19NO. The van der Waals surface area contributed by atoms with Crippen LogP contribution in [-0.4, -0.2) is 4.57 Å². The van der Waals surface area contributed by atoms with Crippen molar-refractivity contribution in [3.8, 4) is 0 Å². The van der Waals surface area contributed by atoms with E-state index in [1.165, 1.54) is 0 Å². The lowest BCUT2D eigenvalue weighted by atomic mass is 9.76. The van der Waals surface area contributed by atoms with Crippen molar-refractivity contribution in [1.82, 2.24) is 4.57 Å². The molecule has 0 saturated heterocycles. The second-order valence-corrected chi connectivity index (χ2v) is 6.25. The van der Waals surface area contributed by atoms with Gasteiger partial charge in [0.15, 0.2) is 5.43 Å². The predicted octanol–water partition coefficient (Wildman–Crippen LogP) is 4.69. The zero-order valence-electron chi connectivity index (χ0n) is 14.3. The van der Waals surface area contributed by atoms with Crippen molar-refractivity contribution < 1.29 is 0 Å². The molecule has 0 aliphatic carbocycles. The predicted molar refractivity (Wildman–Crippen MR) is 105 cm³/mol. The van der Waals surface area contributed by atoms with Crippen LogP contribution in [0.4, 0.5) is 0 Å². The molecule has 126 valence electrons. The van der Waals surface area contributed by atoms with Crippen LogP contribution in [0.1, 0.15) is 16.7 Å². The smallest absolute Gasteiger partial charge is 0.181 e. The molecule has 0 aliphatic rings. The standard InChI is InChI=1S/C24H19NO/c26-23-16-18-25(19-17-23)24(20-10-4-1-5-11-20,21-12-6-2-7-13-21)22-14-8-3-9-15-22/h1-19H. The molecule has 0 N–H and O–H groups in total. The first-order chi connectivity index (χ1) is 12.8. The van der Waals surface area contributed by atoms with Crippen LogP contribution < -0.4 is 5.43 Å². The highest BCUT2D eigenvalue weighted by molar-refractivity contribution is 5.50. The van der Waals surface area contributed by atoms with Gasteiger partial charge in [0, 0.05) is 24.5 Å². The number of aromatic nitrogens is 1. The Morgan fingerprint density at radius 3 is 1.19 bits per heavy atom. The highest BCUT2D eigenvalue weighted by Gasteiger charge is 2.37. The van der Waals surface area contributed by atoms with E-state index < -0.39 is 5.54 Å². The van der Waals surface area contributed by atoms with Gasteiger partial charge in [-0.1, -0.05) is 91.0 Å². The molecule has 26 heavy (non-hydrogen) atoms. The Morgan fingerprint density at radius 2 is 0.846 bits per heavy atom. The number of nitrogens with zero attached hydrogens (tertiary/aromatic N) is 1. The average molecular weight is 337 g/mol. The fraction of sp³-hybridized carbons (Fsp3) is 0.0417. The van der Waals surface area contributed by atoms with Crippen molar-refractivity contribution in [2.24, 2.45) is 0 Å². The number of benzene rings is 3. The Labute approximate surface area is 153 Å². The first-order valence-corrected chi connectivity index (χ1v) is 8.67. The summed E-state index contributed by atoms with van der Waals surface area (Å²) in [4.78, 5) is 11.7. The second kappa shape index (κ2) is 6.85. The first kappa shape index (κ1) is 16.1. The summed E-state index contributed by atoms with van der Waals surface area (Å²) in [5, 5.41) is 0. The highest BCUT2D eigenvalue weighted by Crippen LogP contribution is 2.40. The molecular weight excluding hydrogens is 318 g/mol. The van der Waals surface area contributed by atoms with E-state index in [2.05, 4.69) is 77.4 Å². The summed E-state index contributed by atoms with van der Waals surface area (Å²) >= 11 is 0. The molecule has 0 atom stereocenters. The third-order valence-corrected chi connectivity index (χ3v) is 4.76. The molecule has 1 aromatic heterocycles. The molecule has 0 fully saturated rings. The van der Waals surface area contributed by atoms with Gasteiger partial charge in [-0.25, -0.2) is 0 Å². The summed E-state index contributed by atoms with van der Waals surface area (Å²) in [6.07, 6.45) is 3.74. The maximum Gasteiger partial charge on any atom is 0.181 e. The van der Waals surface area contributed by atoms with Crippen molar-refractivity contribution in [1.29, 1.82) is 0 Å². The van der Waals surface area contributed by atoms with E-state index in [4.69, 9.17) is 0 Å². The summed E-state index contributed by atoms with van der Waals surface area (Å²) < 4.78 is 2.12. The molecule has 4 rings (SSSR count). The van der Waals surface area contributed by atoms with E-state index in [-0.39, 0.29) is 5.43 Å². The van der Waals surface area contributed by atoms with Crippen LogP contribution in [0.5, 0.6) is 0 Å². The molecule has 1 heterocycles. The minimum atomic E-state index is -0.558. The van der Waals surface area contributed by atoms with Crippen molar-refractivity contribution >= 4 is 0 Å². The third-order valence-electron chi connectivity index (χ3n) is 4.76. The van der Waals surface area contributed by atoms with Crippen LogP contribution in [0, 0.1) is 0 Å². The van der Waals surface area contributed by atoms with Crippen LogP contribution in [0.25, 0.3) is 0 Å². The summed E-state index contributed by atoms with van der Waals surface area (Å²) in [5.74, 6) is 0. The second-order valence-electron chi connectivity index (χ2n) is 6.25. The van der Waals surface area contributed by atoms with E-state index in [9.17, 15) is 4.79 Å². The number of pyridine rings is 1. The Bertz CT molecular complexity index is 920. The number of rotatable bonds is 4. The van der Waals surface area contributed by atoms with Gasteiger partial charge >= 0.3 is 0 Å². The van der Waals surface area contributed by atoms with Gasteiger partial charge in [-0.2, -0.15) is 0 Å². The molecule has 0 amide bonds. The normalized spacial score (nSPS) is 11.2. The Kier molecular flexibility index (Phi) is 4.24. The molecule has 0 unspecified atom stereocenters. The zero-order chi connectivity index (χ0) is 17.8. The third kappa shape index (κ3) is 2.66. The van der Waals surface area contributed by atoms with Crippen molar-refractivity contribution in [3.05, 3.63) is 142 Å². The zero-order valence-corrected chi connectivity index (χ0v) is 14.3. The molecule has 0 aliphatic heterocycles. The van der Waals surface area contributed by atoms with Crippen LogP contribution in [-0.2, 0) is 5.54 Å². The highest BCUT2D eigenvalue weighted by atomic mass is 16.1. The van der Waals surface area contributed by atoms with E-state index in [0.717, 1.165) is 16.7 Å². The summed E-state index contributed by atoms with van der Waals surface area (Å²) in [6, 6.07) is 34.4. The SMILES string of the molecule is O=c1ccn(C(c2ccccc2)(c2ccccc2)c2ccccc2)cc1. The fourth-order valence-electron chi connectivity index (χ4n) is 3.62. The lowest BCUT2D eigenvalue weighted by molar-refractivity contribution is 0.511. The number of hydrogen-bond donors (Lipinski definition) is 0. The molecule has 0 saturated carbocycles. The van der Waals surface area contributed by atoms with Gasteiger partial charge in [0.2, 0.25) is 0 Å². The average Bonchev–Trinajstić information content (AvgIpc) is 2.72. The van der Waals surface area contributed by atoms with Crippen LogP contribution in [0.15, 0.2) is 120 Å². The summed E-state index contributed by atoms with van der Waals surface area (Å²) in [6.45, 7) is 0. The fourth-order valence-corrected chi connectivity index (χ4v) is 3.62. The Hall–Kier alpha value is -3.39. The molecule has 0 bridgehead atoms. The lowest BCUT2D eigenvalue weighted by Gasteiger charge is -2.38. The molecule has 3 aromatic carbocycles. The monoisotopic (exact) mass is 337 g/mol. The van der Waals surface area contributed by atoms with Gasteiger partial charge in [0.05, 0.1) is 0 Å². The van der Waals surface area contributed by atoms with Crippen molar-refractivity contribution in [3.63, 3.8) is 0 Å². The quantitative estimate of drug-likeness (QED) is 0.495. The molecule has 2 heteroatoms. The minimum Gasteiger partial charge on any atom is -0.336 e. The summed E-state index contributed by atoms with van der Waals surface area (Å²) in [7, 11) is 0. The maximum absolute atomic E-state index is 11.7.